The van der Waals surface area contributed by atoms with E-state index in [-0.39, 0.29) is 0 Å². The SMILES string of the molecule is C/C=C/C=C/COCC#CCC. The summed E-state index contributed by atoms with van der Waals surface area (Å²) in [5, 5.41) is 0. The molecule has 0 aliphatic rings. The van der Waals surface area contributed by atoms with Crippen LogP contribution in [0.1, 0.15) is 20.3 Å². The quantitative estimate of drug-likeness (QED) is 0.352. The van der Waals surface area contributed by atoms with Crippen LogP contribution in [0.4, 0.5) is 0 Å². The van der Waals surface area contributed by atoms with Gasteiger partial charge in [0, 0.05) is 6.42 Å². The van der Waals surface area contributed by atoms with E-state index in [0.717, 1.165) is 6.42 Å². The maximum absolute atomic E-state index is 5.19. The van der Waals surface area contributed by atoms with Gasteiger partial charge >= 0.3 is 0 Å². The van der Waals surface area contributed by atoms with E-state index in [1.165, 1.54) is 0 Å². The molecule has 0 rings (SSSR count). The Balaban J connectivity index is 3.21. The third-order valence-corrected chi connectivity index (χ3v) is 1.13. The van der Waals surface area contributed by atoms with Gasteiger partial charge in [0.25, 0.3) is 0 Å². The fourth-order valence-electron chi connectivity index (χ4n) is 0.599. The van der Waals surface area contributed by atoms with Gasteiger partial charge in [0.05, 0.1) is 6.61 Å². The van der Waals surface area contributed by atoms with Crippen LogP contribution in [-0.4, -0.2) is 13.2 Å². The first-order chi connectivity index (χ1) is 5.91. The Morgan fingerprint density at radius 1 is 1.25 bits per heavy atom. The molecule has 0 aromatic carbocycles. The molecule has 0 amide bonds. The molecule has 1 nitrogen and oxygen atoms in total. The number of hydrogen-bond acceptors (Lipinski definition) is 1. The van der Waals surface area contributed by atoms with E-state index in [2.05, 4.69) is 11.8 Å². The summed E-state index contributed by atoms with van der Waals surface area (Å²) in [6.45, 7) is 5.19. The molecule has 0 atom stereocenters. The highest BCUT2D eigenvalue weighted by atomic mass is 16.5. The number of allylic oxidation sites excluding steroid dienone is 3. The minimum absolute atomic E-state index is 0.536. The van der Waals surface area contributed by atoms with Crippen molar-refractivity contribution >= 4 is 0 Å². The number of hydrogen-bond donors (Lipinski definition) is 0. The molecule has 66 valence electrons. The molecular formula is C11H16O. The number of ether oxygens (including phenoxy) is 1. The van der Waals surface area contributed by atoms with Gasteiger partial charge in [0.15, 0.2) is 0 Å². The highest BCUT2D eigenvalue weighted by Crippen LogP contribution is 1.79. The Morgan fingerprint density at radius 3 is 2.75 bits per heavy atom. The summed E-state index contributed by atoms with van der Waals surface area (Å²) in [5.41, 5.74) is 0. The van der Waals surface area contributed by atoms with Crippen LogP contribution in [0.5, 0.6) is 0 Å². The third-order valence-electron chi connectivity index (χ3n) is 1.13. The van der Waals surface area contributed by atoms with Crippen molar-refractivity contribution in [1.82, 2.24) is 0 Å². The predicted molar refractivity (Wildman–Crippen MR) is 52.8 cm³/mol. The molecule has 0 aromatic rings. The summed E-state index contributed by atoms with van der Waals surface area (Å²) >= 11 is 0. The second kappa shape index (κ2) is 10.0. The Kier molecular flexibility index (Phi) is 9.17. The van der Waals surface area contributed by atoms with Gasteiger partial charge in [-0.3, -0.25) is 0 Å². The lowest BCUT2D eigenvalue weighted by molar-refractivity contribution is 0.199. The first-order valence-electron chi connectivity index (χ1n) is 4.23. The monoisotopic (exact) mass is 164 g/mol. The Labute approximate surface area is 75.1 Å². The minimum Gasteiger partial charge on any atom is -0.365 e. The van der Waals surface area contributed by atoms with Crippen LogP contribution in [0, 0.1) is 11.8 Å². The van der Waals surface area contributed by atoms with E-state index in [4.69, 9.17) is 4.74 Å². The maximum Gasteiger partial charge on any atom is 0.108 e. The van der Waals surface area contributed by atoms with E-state index >= 15 is 0 Å². The lowest BCUT2D eigenvalue weighted by Gasteiger charge is -1.90. The van der Waals surface area contributed by atoms with Gasteiger partial charge in [-0.25, -0.2) is 0 Å². The minimum atomic E-state index is 0.536. The summed E-state index contributed by atoms with van der Waals surface area (Å²) in [4.78, 5) is 0. The highest BCUT2D eigenvalue weighted by molar-refractivity contribution is 5.01. The highest BCUT2D eigenvalue weighted by Gasteiger charge is 1.75. The molecule has 0 saturated heterocycles. The van der Waals surface area contributed by atoms with Crippen molar-refractivity contribution in [1.29, 1.82) is 0 Å². The van der Waals surface area contributed by atoms with Crippen LogP contribution in [0.3, 0.4) is 0 Å². The Hall–Kier alpha value is -1.00. The molecule has 0 N–H and O–H groups in total. The van der Waals surface area contributed by atoms with Crippen LogP contribution in [-0.2, 0) is 4.74 Å². The van der Waals surface area contributed by atoms with E-state index in [1.54, 1.807) is 0 Å². The van der Waals surface area contributed by atoms with Crippen molar-refractivity contribution in [3.05, 3.63) is 24.3 Å². The van der Waals surface area contributed by atoms with Gasteiger partial charge in [0.2, 0.25) is 0 Å². The predicted octanol–water partition coefficient (Wildman–Crippen LogP) is 2.55. The second-order valence-corrected chi connectivity index (χ2v) is 2.18. The molecule has 0 aliphatic heterocycles. The molecule has 0 radical (unpaired) electrons. The van der Waals surface area contributed by atoms with E-state index in [0.29, 0.717) is 13.2 Å². The molecule has 12 heavy (non-hydrogen) atoms. The normalized spacial score (nSPS) is 10.5. The van der Waals surface area contributed by atoms with Gasteiger partial charge in [-0.05, 0) is 6.92 Å². The summed E-state index contributed by atoms with van der Waals surface area (Å²) in [5.74, 6) is 5.84. The molecule has 1 heteroatoms. The maximum atomic E-state index is 5.19. The average molecular weight is 164 g/mol. The van der Waals surface area contributed by atoms with Gasteiger partial charge in [-0.15, -0.1) is 5.92 Å². The van der Waals surface area contributed by atoms with Crippen molar-refractivity contribution in [2.24, 2.45) is 0 Å². The summed E-state index contributed by atoms with van der Waals surface area (Å²) in [7, 11) is 0. The first-order valence-corrected chi connectivity index (χ1v) is 4.23. The zero-order valence-corrected chi connectivity index (χ0v) is 7.84. The van der Waals surface area contributed by atoms with Crippen LogP contribution in [0.15, 0.2) is 24.3 Å². The molecule has 0 saturated carbocycles. The molecule has 0 fully saturated rings. The molecular weight excluding hydrogens is 148 g/mol. The number of rotatable bonds is 4. The van der Waals surface area contributed by atoms with Crippen LogP contribution < -0.4 is 0 Å². The standard InChI is InChI=1S/C11H16O/c1-3-5-7-9-11-12-10-8-6-4-2/h3,5,7,9H,4,10-11H2,1-2H3/b5-3+,9-7+. The fraction of sp³-hybridized carbons (Fsp3) is 0.455. The van der Waals surface area contributed by atoms with Crippen molar-refractivity contribution in [2.45, 2.75) is 20.3 Å². The van der Waals surface area contributed by atoms with Gasteiger partial charge in [-0.2, -0.15) is 0 Å². The lowest BCUT2D eigenvalue weighted by Crippen LogP contribution is -1.90. The van der Waals surface area contributed by atoms with E-state index in [9.17, 15) is 0 Å². The topological polar surface area (TPSA) is 9.23 Å². The van der Waals surface area contributed by atoms with Crippen LogP contribution in [0.25, 0.3) is 0 Å². The fourth-order valence-corrected chi connectivity index (χ4v) is 0.599. The summed E-state index contributed by atoms with van der Waals surface area (Å²) < 4.78 is 5.19. The van der Waals surface area contributed by atoms with Crippen LogP contribution in [0.2, 0.25) is 0 Å². The van der Waals surface area contributed by atoms with Gasteiger partial charge in [-0.1, -0.05) is 37.1 Å². The van der Waals surface area contributed by atoms with E-state index < -0.39 is 0 Å². The molecule has 0 aliphatic carbocycles. The molecule has 0 unspecified atom stereocenters. The Morgan fingerprint density at radius 2 is 2.08 bits per heavy atom. The largest absolute Gasteiger partial charge is 0.365 e. The summed E-state index contributed by atoms with van der Waals surface area (Å²) in [6, 6.07) is 0. The van der Waals surface area contributed by atoms with E-state index in [1.807, 2.05) is 38.2 Å². The van der Waals surface area contributed by atoms with Gasteiger partial charge < -0.3 is 4.74 Å². The molecule has 0 heterocycles. The second-order valence-electron chi connectivity index (χ2n) is 2.18. The zero-order chi connectivity index (χ0) is 9.07. The zero-order valence-electron chi connectivity index (χ0n) is 7.84. The smallest absolute Gasteiger partial charge is 0.108 e. The van der Waals surface area contributed by atoms with Crippen molar-refractivity contribution < 1.29 is 4.74 Å². The van der Waals surface area contributed by atoms with Gasteiger partial charge in [0.1, 0.15) is 6.61 Å². The summed E-state index contributed by atoms with van der Waals surface area (Å²) in [6.07, 6.45) is 8.78. The van der Waals surface area contributed by atoms with Crippen molar-refractivity contribution in [3.8, 4) is 11.8 Å². The molecule has 0 bridgehead atoms. The van der Waals surface area contributed by atoms with Crippen molar-refractivity contribution in [3.63, 3.8) is 0 Å². The van der Waals surface area contributed by atoms with Crippen LogP contribution >= 0.6 is 0 Å². The Bertz CT molecular complexity index is 191. The molecule has 0 spiro atoms. The molecule has 0 aromatic heterocycles. The average Bonchev–Trinajstić information content (AvgIpc) is 2.10. The third kappa shape index (κ3) is 9.00. The lowest BCUT2D eigenvalue weighted by atomic mass is 10.4. The first kappa shape index (κ1) is 11.0. The van der Waals surface area contributed by atoms with Crippen molar-refractivity contribution in [2.75, 3.05) is 13.2 Å².